The van der Waals surface area contributed by atoms with Crippen molar-refractivity contribution in [3.63, 3.8) is 0 Å². The molecule has 0 radical (unpaired) electrons. The predicted molar refractivity (Wildman–Crippen MR) is 72.2 cm³/mol. The van der Waals surface area contributed by atoms with E-state index in [0.717, 1.165) is 24.3 Å². The van der Waals surface area contributed by atoms with Gasteiger partial charge in [-0.25, -0.2) is 4.79 Å². The Hall–Kier alpha value is -3.10. The lowest BCUT2D eigenvalue weighted by atomic mass is 10.0. The Morgan fingerprint density at radius 3 is 2.13 bits per heavy atom. The number of carboxylic acids is 1. The Balaban J connectivity index is 2.37. The summed E-state index contributed by atoms with van der Waals surface area (Å²) in [6, 6.07) is 8.11. The first-order valence-electron chi connectivity index (χ1n) is 6.05. The van der Waals surface area contributed by atoms with Gasteiger partial charge in [0, 0.05) is 6.07 Å². The Morgan fingerprint density at radius 1 is 1.09 bits per heavy atom. The number of nitro benzene ring substituents is 1. The molecule has 0 atom stereocenters. The van der Waals surface area contributed by atoms with Crippen LogP contribution in [-0.2, 0) is 0 Å². The second kappa shape index (κ2) is 5.95. The van der Waals surface area contributed by atoms with Crippen LogP contribution in [0.5, 0.6) is 5.75 Å². The van der Waals surface area contributed by atoms with E-state index in [9.17, 15) is 28.1 Å². The highest BCUT2D eigenvalue weighted by molar-refractivity contribution is 5.93. The van der Waals surface area contributed by atoms with E-state index < -0.39 is 34.3 Å². The number of carboxylic acid groups (broad SMARTS) is 1. The van der Waals surface area contributed by atoms with Gasteiger partial charge >= 0.3 is 12.3 Å². The van der Waals surface area contributed by atoms with E-state index in [4.69, 9.17) is 5.11 Å². The maximum absolute atomic E-state index is 12.1. The van der Waals surface area contributed by atoms with E-state index in [-0.39, 0.29) is 0 Å². The fourth-order valence-corrected chi connectivity index (χ4v) is 1.89. The summed E-state index contributed by atoms with van der Waals surface area (Å²) in [6.07, 6.45) is -4.82. The van der Waals surface area contributed by atoms with E-state index in [1.54, 1.807) is 0 Å². The monoisotopic (exact) mass is 327 g/mol. The summed E-state index contributed by atoms with van der Waals surface area (Å²) in [5, 5.41) is 19.8. The highest BCUT2D eigenvalue weighted by Crippen LogP contribution is 2.30. The van der Waals surface area contributed by atoms with Crippen LogP contribution in [0.2, 0.25) is 0 Å². The smallest absolute Gasteiger partial charge is 0.477 e. The first-order valence-corrected chi connectivity index (χ1v) is 6.05. The number of hydrogen-bond donors (Lipinski definition) is 1. The molecule has 0 heterocycles. The van der Waals surface area contributed by atoms with Crippen molar-refractivity contribution in [3.8, 4) is 16.9 Å². The lowest BCUT2D eigenvalue weighted by Gasteiger charge is -2.09. The van der Waals surface area contributed by atoms with Gasteiger partial charge in [-0.2, -0.15) is 0 Å². The molecule has 0 saturated heterocycles. The van der Waals surface area contributed by atoms with Crippen molar-refractivity contribution in [1.29, 1.82) is 0 Å². The molecule has 6 nitrogen and oxygen atoms in total. The average Bonchev–Trinajstić information content (AvgIpc) is 2.45. The lowest BCUT2D eigenvalue weighted by molar-refractivity contribution is -0.385. The Labute approximate surface area is 126 Å². The molecule has 0 fully saturated rings. The van der Waals surface area contributed by atoms with Crippen molar-refractivity contribution in [2.75, 3.05) is 0 Å². The summed E-state index contributed by atoms with van der Waals surface area (Å²) in [5.74, 6) is -1.88. The van der Waals surface area contributed by atoms with Crippen molar-refractivity contribution in [3.05, 3.63) is 58.1 Å². The van der Waals surface area contributed by atoms with E-state index in [1.807, 2.05) is 0 Å². The van der Waals surface area contributed by atoms with Crippen molar-refractivity contribution in [2.24, 2.45) is 0 Å². The minimum Gasteiger partial charge on any atom is -0.477 e. The van der Waals surface area contributed by atoms with Crippen LogP contribution in [0.15, 0.2) is 42.5 Å². The molecule has 0 unspecified atom stereocenters. The fourth-order valence-electron chi connectivity index (χ4n) is 1.89. The highest BCUT2D eigenvalue weighted by atomic mass is 19.4. The molecule has 0 spiro atoms. The number of aromatic carboxylic acids is 1. The zero-order valence-corrected chi connectivity index (χ0v) is 11.2. The second-order valence-electron chi connectivity index (χ2n) is 4.37. The fraction of sp³-hybridized carbons (Fsp3) is 0.0714. The molecule has 0 aromatic heterocycles. The van der Waals surface area contributed by atoms with Crippen LogP contribution in [-0.4, -0.2) is 22.4 Å². The third kappa shape index (κ3) is 3.96. The molecule has 0 aliphatic carbocycles. The van der Waals surface area contributed by atoms with Crippen LogP contribution in [0.4, 0.5) is 18.9 Å². The van der Waals surface area contributed by atoms with Gasteiger partial charge in [0.1, 0.15) is 11.3 Å². The molecule has 2 aromatic carbocycles. The van der Waals surface area contributed by atoms with Gasteiger partial charge in [0.25, 0.3) is 5.69 Å². The van der Waals surface area contributed by atoms with Gasteiger partial charge in [0.15, 0.2) is 0 Å². The molecule has 120 valence electrons. The van der Waals surface area contributed by atoms with Crippen molar-refractivity contribution < 1.29 is 32.7 Å². The van der Waals surface area contributed by atoms with Crippen LogP contribution in [0.3, 0.4) is 0 Å². The van der Waals surface area contributed by atoms with Crippen LogP contribution in [0.1, 0.15) is 10.4 Å². The largest absolute Gasteiger partial charge is 0.573 e. The minimum atomic E-state index is -4.82. The normalized spacial score (nSPS) is 11.1. The lowest BCUT2D eigenvalue weighted by Crippen LogP contribution is -2.16. The molecular formula is C14H8F3NO5. The molecule has 0 saturated carbocycles. The summed E-state index contributed by atoms with van der Waals surface area (Å²) in [4.78, 5) is 21.0. The Morgan fingerprint density at radius 2 is 1.65 bits per heavy atom. The topological polar surface area (TPSA) is 89.7 Å². The van der Waals surface area contributed by atoms with Gasteiger partial charge in [0.05, 0.1) is 4.92 Å². The van der Waals surface area contributed by atoms with Crippen LogP contribution in [0.25, 0.3) is 11.1 Å². The zero-order chi connectivity index (χ0) is 17.2. The van der Waals surface area contributed by atoms with Crippen molar-refractivity contribution in [1.82, 2.24) is 0 Å². The molecule has 0 aliphatic heterocycles. The molecule has 0 aliphatic rings. The molecule has 9 heteroatoms. The van der Waals surface area contributed by atoms with Gasteiger partial charge in [0.2, 0.25) is 0 Å². The SMILES string of the molecule is O=C(O)c1ccc(-c2ccc(OC(F)(F)F)cc2)cc1[N+](=O)[O-]. The van der Waals surface area contributed by atoms with Crippen molar-refractivity contribution >= 4 is 11.7 Å². The summed E-state index contributed by atoms with van der Waals surface area (Å²) < 4.78 is 39.9. The van der Waals surface area contributed by atoms with E-state index in [2.05, 4.69) is 4.74 Å². The molecule has 2 rings (SSSR count). The van der Waals surface area contributed by atoms with Crippen LogP contribution >= 0.6 is 0 Å². The Bertz CT molecular complexity index is 756. The predicted octanol–water partition coefficient (Wildman–Crippen LogP) is 3.86. The number of benzene rings is 2. The van der Waals surface area contributed by atoms with E-state index in [1.165, 1.54) is 18.2 Å². The first kappa shape index (κ1) is 16.3. The van der Waals surface area contributed by atoms with Crippen LogP contribution < -0.4 is 4.74 Å². The number of alkyl halides is 3. The second-order valence-corrected chi connectivity index (χ2v) is 4.37. The summed E-state index contributed by atoms with van der Waals surface area (Å²) in [6.45, 7) is 0. The molecule has 0 bridgehead atoms. The number of halogens is 3. The third-order valence-electron chi connectivity index (χ3n) is 2.85. The van der Waals surface area contributed by atoms with Crippen LogP contribution in [0, 0.1) is 10.1 Å². The number of carbonyl (C=O) groups is 1. The molecule has 23 heavy (non-hydrogen) atoms. The quantitative estimate of drug-likeness (QED) is 0.680. The zero-order valence-electron chi connectivity index (χ0n) is 11.2. The maximum Gasteiger partial charge on any atom is 0.573 e. The third-order valence-corrected chi connectivity index (χ3v) is 2.85. The highest BCUT2D eigenvalue weighted by Gasteiger charge is 2.31. The first-order chi connectivity index (χ1) is 10.7. The maximum atomic E-state index is 12.1. The standard InChI is InChI=1S/C14H8F3NO5/c15-14(16,17)23-10-4-1-8(2-5-10)9-3-6-11(13(19)20)12(7-9)18(21)22/h1-7H,(H,19,20). The van der Waals surface area contributed by atoms with Gasteiger partial charge in [-0.05, 0) is 29.3 Å². The summed E-state index contributed by atoms with van der Waals surface area (Å²) in [5.41, 5.74) is -0.416. The molecule has 1 N–H and O–H groups in total. The van der Waals surface area contributed by atoms with E-state index >= 15 is 0 Å². The van der Waals surface area contributed by atoms with Crippen molar-refractivity contribution in [2.45, 2.75) is 6.36 Å². The summed E-state index contributed by atoms with van der Waals surface area (Å²) >= 11 is 0. The van der Waals surface area contributed by atoms with E-state index in [0.29, 0.717) is 11.1 Å². The van der Waals surface area contributed by atoms with Gasteiger partial charge in [-0.3, -0.25) is 10.1 Å². The average molecular weight is 327 g/mol. The number of nitrogens with zero attached hydrogens (tertiary/aromatic N) is 1. The number of rotatable bonds is 4. The molecule has 0 amide bonds. The molecular weight excluding hydrogens is 319 g/mol. The van der Waals surface area contributed by atoms with Gasteiger partial charge in [-0.1, -0.05) is 18.2 Å². The van der Waals surface area contributed by atoms with Gasteiger partial charge in [-0.15, -0.1) is 13.2 Å². The number of hydrogen-bond acceptors (Lipinski definition) is 4. The summed E-state index contributed by atoms with van der Waals surface area (Å²) in [7, 11) is 0. The molecule has 2 aromatic rings. The minimum absolute atomic E-state index is 0.292. The number of ether oxygens (including phenoxy) is 1. The van der Waals surface area contributed by atoms with Gasteiger partial charge < -0.3 is 9.84 Å². The number of nitro groups is 1. The Kier molecular flexibility index (Phi) is 4.21.